The van der Waals surface area contributed by atoms with Crippen LogP contribution in [-0.4, -0.2) is 30.1 Å². The molecule has 1 fully saturated rings. The number of rotatable bonds is 6. The van der Waals surface area contributed by atoms with Gasteiger partial charge in [0.2, 0.25) is 0 Å². The van der Waals surface area contributed by atoms with Crippen LogP contribution >= 0.6 is 11.8 Å². The molecule has 18 heavy (non-hydrogen) atoms. The van der Waals surface area contributed by atoms with Crippen LogP contribution < -0.4 is 5.73 Å². The molecule has 1 saturated carbocycles. The van der Waals surface area contributed by atoms with E-state index >= 15 is 0 Å². The van der Waals surface area contributed by atoms with Gasteiger partial charge < -0.3 is 10.5 Å². The van der Waals surface area contributed by atoms with Crippen LogP contribution in [0.2, 0.25) is 0 Å². The van der Waals surface area contributed by atoms with Crippen LogP contribution in [0.1, 0.15) is 47.0 Å². The second kappa shape index (κ2) is 5.83. The van der Waals surface area contributed by atoms with E-state index in [0.29, 0.717) is 11.7 Å². The molecule has 3 nitrogen and oxygen atoms in total. The first-order valence-corrected chi connectivity index (χ1v) is 7.69. The zero-order valence-electron chi connectivity index (χ0n) is 12.3. The Labute approximate surface area is 115 Å². The summed E-state index contributed by atoms with van der Waals surface area (Å²) in [4.78, 5) is 11.4. The second-order valence-electron chi connectivity index (χ2n) is 6.71. The molecule has 2 unspecified atom stereocenters. The average molecular weight is 273 g/mol. The third-order valence-electron chi connectivity index (χ3n) is 3.60. The van der Waals surface area contributed by atoms with Gasteiger partial charge in [0.1, 0.15) is 0 Å². The maximum atomic E-state index is 11.4. The number of ether oxygens (including phenoxy) is 1. The van der Waals surface area contributed by atoms with E-state index in [-0.39, 0.29) is 22.8 Å². The Morgan fingerprint density at radius 3 is 2.33 bits per heavy atom. The summed E-state index contributed by atoms with van der Waals surface area (Å²) in [6, 6.07) is 0.170. The first-order chi connectivity index (χ1) is 8.20. The van der Waals surface area contributed by atoms with Crippen molar-refractivity contribution < 1.29 is 9.53 Å². The molecule has 2 atom stereocenters. The molecule has 0 bridgehead atoms. The molecular formula is C14H27NO2S. The normalized spacial score (nSPS) is 21.2. The molecule has 0 heterocycles. The van der Waals surface area contributed by atoms with Gasteiger partial charge in [-0.1, -0.05) is 20.8 Å². The van der Waals surface area contributed by atoms with Crippen molar-refractivity contribution in [2.75, 3.05) is 12.9 Å². The summed E-state index contributed by atoms with van der Waals surface area (Å²) in [5, 5.41) is 0.424. The molecule has 1 aliphatic rings. The fourth-order valence-corrected chi connectivity index (χ4v) is 4.11. The minimum absolute atomic E-state index is 0.0822. The van der Waals surface area contributed by atoms with Gasteiger partial charge in [-0.05, 0) is 36.3 Å². The fraction of sp³-hybridized carbons (Fsp3) is 0.929. The summed E-state index contributed by atoms with van der Waals surface area (Å²) in [5.74, 6) is 0.937. The number of esters is 1. The van der Waals surface area contributed by atoms with Crippen molar-refractivity contribution in [3.05, 3.63) is 0 Å². The summed E-state index contributed by atoms with van der Waals surface area (Å²) < 4.78 is 4.77. The highest BCUT2D eigenvalue weighted by Gasteiger charge is 2.45. The lowest BCUT2D eigenvalue weighted by atomic mass is 9.88. The lowest BCUT2D eigenvalue weighted by molar-refractivity contribution is -0.141. The first kappa shape index (κ1) is 15.8. The molecule has 0 radical (unpaired) electrons. The van der Waals surface area contributed by atoms with E-state index in [1.807, 2.05) is 11.8 Å². The molecular weight excluding hydrogens is 246 g/mol. The van der Waals surface area contributed by atoms with Crippen molar-refractivity contribution >= 4 is 17.7 Å². The molecule has 106 valence electrons. The van der Waals surface area contributed by atoms with Crippen LogP contribution in [0.4, 0.5) is 0 Å². The minimum atomic E-state index is -0.0822. The predicted octanol–water partition coefficient (Wildman–Crippen LogP) is 2.82. The van der Waals surface area contributed by atoms with E-state index in [0.717, 1.165) is 18.6 Å². The van der Waals surface area contributed by atoms with Gasteiger partial charge in [0, 0.05) is 11.3 Å². The second-order valence-corrected chi connectivity index (χ2v) is 7.84. The smallest absolute Gasteiger partial charge is 0.306 e. The monoisotopic (exact) mass is 273 g/mol. The zero-order chi connectivity index (χ0) is 14.0. The summed E-state index contributed by atoms with van der Waals surface area (Å²) in [7, 11) is 1.46. The van der Waals surface area contributed by atoms with Gasteiger partial charge in [0.15, 0.2) is 0 Å². The highest BCUT2D eigenvalue weighted by Crippen LogP contribution is 2.52. The zero-order valence-corrected chi connectivity index (χ0v) is 13.1. The maximum Gasteiger partial charge on any atom is 0.306 e. The summed E-state index contributed by atoms with van der Waals surface area (Å²) >= 11 is 1.93. The average Bonchev–Trinajstić information content (AvgIpc) is 2.95. The number of carbonyl (C=O) groups is 1. The molecule has 0 saturated heterocycles. The highest BCUT2D eigenvalue weighted by molar-refractivity contribution is 8.00. The Kier molecular flexibility index (Phi) is 5.13. The Morgan fingerprint density at radius 1 is 1.44 bits per heavy atom. The molecule has 1 rings (SSSR count). The number of hydrogen-bond acceptors (Lipinski definition) is 4. The predicted molar refractivity (Wildman–Crippen MR) is 77.7 cm³/mol. The van der Waals surface area contributed by atoms with Crippen LogP contribution in [0.3, 0.4) is 0 Å². The molecule has 0 spiro atoms. The molecule has 1 aliphatic carbocycles. The number of carbonyl (C=O) groups excluding carboxylic acids is 1. The van der Waals surface area contributed by atoms with E-state index < -0.39 is 0 Å². The van der Waals surface area contributed by atoms with Gasteiger partial charge in [-0.3, -0.25) is 4.79 Å². The Balaban J connectivity index is 2.50. The molecule has 0 aromatic rings. The van der Waals surface area contributed by atoms with Gasteiger partial charge in [0.05, 0.1) is 13.5 Å². The SMILES string of the molecule is COC(=O)CC1(CSC(C(C)N)C(C)(C)C)CC1. The maximum absolute atomic E-state index is 11.4. The molecule has 0 aromatic heterocycles. The molecule has 4 heteroatoms. The van der Waals surface area contributed by atoms with Crippen LogP contribution in [0, 0.1) is 10.8 Å². The van der Waals surface area contributed by atoms with Crippen molar-refractivity contribution in [2.24, 2.45) is 16.6 Å². The van der Waals surface area contributed by atoms with Gasteiger partial charge in [0.25, 0.3) is 0 Å². The van der Waals surface area contributed by atoms with Crippen LogP contribution in [0.5, 0.6) is 0 Å². The first-order valence-electron chi connectivity index (χ1n) is 6.64. The highest BCUT2D eigenvalue weighted by atomic mass is 32.2. The van der Waals surface area contributed by atoms with Gasteiger partial charge >= 0.3 is 5.97 Å². The summed E-state index contributed by atoms with van der Waals surface area (Å²) in [6.07, 6.45) is 2.85. The van der Waals surface area contributed by atoms with E-state index in [1.54, 1.807) is 0 Å². The van der Waals surface area contributed by atoms with Gasteiger partial charge in [-0.15, -0.1) is 0 Å². The van der Waals surface area contributed by atoms with Crippen LogP contribution in [-0.2, 0) is 9.53 Å². The molecule has 0 aromatic carbocycles. The lowest BCUT2D eigenvalue weighted by Crippen LogP contribution is -2.39. The topological polar surface area (TPSA) is 52.3 Å². The van der Waals surface area contributed by atoms with Crippen molar-refractivity contribution in [3.63, 3.8) is 0 Å². The number of methoxy groups -OCH3 is 1. The third-order valence-corrected chi connectivity index (χ3v) is 5.88. The minimum Gasteiger partial charge on any atom is -0.469 e. The fourth-order valence-electron chi connectivity index (χ4n) is 2.38. The van der Waals surface area contributed by atoms with Crippen LogP contribution in [0.15, 0.2) is 0 Å². The number of nitrogens with two attached hydrogens (primary N) is 1. The lowest BCUT2D eigenvalue weighted by Gasteiger charge is -2.34. The third kappa shape index (κ3) is 4.47. The molecule has 0 amide bonds. The van der Waals surface area contributed by atoms with E-state index in [2.05, 4.69) is 27.7 Å². The van der Waals surface area contributed by atoms with Crippen molar-refractivity contribution in [1.82, 2.24) is 0 Å². The van der Waals surface area contributed by atoms with E-state index in [1.165, 1.54) is 7.11 Å². The molecule has 2 N–H and O–H groups in total. The summed E-state index contributed by atoms with van der Waals surface area (Å²) in [5.41, 5.74) is 6.47. The van der Waals surface area contributed by atoms with Crippen molar-refractivity contribution in [3.8, 4) is 0 Å². The standard InChI is InChI=1S/C14H27NO2S/c1-10(15)12(13(2,3)4)18-9-14(6-7-14)8-11(16)17-5/h10,12H,6-9,15H2,1-5H3. The quantitative estimate of drug-likeness (QED) is 0.756. The Bertz CT molecular complexity index is 293. The van der Waals surface area contributed by atoms with Gasteiger partial charge in [-0.2, -0.15) is 11.8 Å². The Morgan fingerprint density at radius 2 is 2.00 bits per heavy atom. The van der Waals surface area contributed by atoms with E-state index in [4.69, 9.17) is 10.5 Å². The van der Waals surface area contributed by atoms with Crippen molar-refractivity contribution in [1.29, 1.82) is 0 Å². The Hall–Kier alpha value is -0.220. The number of hydrogen-bond donors (Lipinski definition) is 1. The van der Waals surface area contributed by atoms with Crippen LogP contribution in [0.25, 0.3) is 0 Å². The van der Waals surface area contributed by atoms with E-state index in [9.17, 15) is 4.79 Å². The van der Waals surface area contributed by atoms with Crippen molar-refractivity contribution in [2.45, 2.75) is 58.2 Å². The molecule has 0 aliphatic heterocycles. The summed E-state index contributed by atoms with van der Waals surface area (Å²) in [6.45, 7) is 8.76. The largest absolute Gasteiger partial charge is 0.469 e. The van der Waals surface area contributed by atoms with Gasteiger partial charge in [-0.25, -0.2) is 0 Å². The number of thioether (sulfide) groups is 1.